The Kier molecular flexibility index (Phi) is 10.6. The first-order chi connectivity index (χ1) is 10.8. The minimum atomic E-state index is -2.97. The number of alkyl halides is 17. The fourth-order valence-corrected chi connectivity index (χ4v) is 5.99. The molecule has 0 rings (SSSR count). The zero-order valence-electron chi connectivity index (χ0n) is 11.0. The molecule has 18 heteroatoms. The van der Waals surface area contributed by atoms with Gasteiger partial charge in [-0.15, -0.1) is 0 Å². The average molecular weight is 715 g/mol. The first-order valence-corrected chi connectivity index (χ1v) is 11.7. The predicted molar refractivity (Wildman–Crippen MR) is 126 cm³/mol. The molecule has 0 radical (unpaired) electrons. The van der Waals surface area contributed by atoms with E-state index in [1.807, 2.05) is 0 Å². The average Bonchev–Trinajstić information content (AvgIpc) is 2.34. The molecule has 0 fully saturated rings. The Balaban J connectivity index is 6.61. The van der Waals surface area contributed by atoms with E-state index in [4.69, 9.17) is 203 Å². The van der Waals surface area contributed by atoms with E-state index >= 15 is 0 Å². The van der Waals surface area contributed by atoms with Crippen molar-refractivity contribution in [1.82, 2.24) is 0 Å². The van der Waals surface area contributed by atoms with Crippen molar-refractivity contribution in [2.24, 2.45) is 5.73 Å². The molecule has 1 nitrogen and oxygen atoms in total. The highest BCUT2D eigenvalue weighted by molar-refractivity contribution is 6.83. The zero-order valence-corrected chi connectivity index (χ0v) is 23.9. The van der Waals surface area contributed by atoms with E-state index in [0.29, 0.717) is 0 Å². The van der Waals surface area contributed by atoms with Gasteiger partial charge in [-0.05, 0) is 0 Å². The lowest BCUT2D eigenvalue weighted by molar-refractivity contribution is 0.454. The van der Waals surface area contributed by atoms with Gasteiger partial charge in [0, 0.05) is 0 Å². The third kappa shape index (κ3) is 4.88. The van der Waals surface area contributed by atoms with E-state index in [1.54, 1.807) is 0 Å². The molecular formula is C8H2Cl17N. The van der Waals surface area contributed by atoms with Crippen molar-refractivity contribution >= 4 is 197 Å². The molecule has 0 atom stereocenters. The largest absolute Gasteiger partial charge is 0.298 e. The second-order valence-corrected chi connectivity index (χ2v) is 16.2. The van der Waals surface area contributed by atoms with Crippen molar-refractivity contribution < 1.29 is 0 Å². The van der Waals surface area contributed by atoms with Crippen molar-refractivity contribution in [3.05, 3.63) is 0 Å². The second kappa shape index (κ2) is 8.92. The summed E-state index contributed by atoms with van der Waals surface area (Å²) in [5.41, 5.74) is 5.42. The SMILES string of the molecule is NC(Cl)(Cl)C(Cl)(Cl)C(Cl)(Cl)C(Cl)(Cl)C(Cl)(Cl)C(Cl)(Cl)C(Cl)(Cl)C(Cl)(Cl)Cl. The Hall–Kier alpha value is 4.89. The lowest BCUT2D eigenvalue weighted by Crippen LogP contribution is -2.71. The normalized spacial score (nSPS) is 16.8. The van der Waals surface area contributed by atoms with E-state index in [9.17, 15) is 0 Å². The van der Waals surface area contributed by atoms with Crippen molar-refractivity contribution in [2.75, 3.05) is 0 Å². The van der Waals surface area contributed by atoms with Crippen molar-refractivity contribution in [3.63, 3.8) is 0 Å². The molecule has 0 aromatic rings. The maximum atomic E-state index is 6.13. The molecule has 2 N–H and O–H groups in total. The van der Waals surface area contributed by atoms with E-state index in [-0.39, 0.29) is 0 Å². The monoisotopic (exact) mass is 706 g/mol. The molecule has 26 heavy (non-hydrogen) atoms. The van der Waals surface area contributed by atoms with Crippen LogP contribution in [0.3, 0.4) is 0 Å². The molecule has 0 amide bonds. The Morgan fingerprint density at radius 3 is 0.692 bits per heavy atom. The number of hydrogen-bond donors (Lipinski definition) is 1. The Morgan fingerprint density at radius 1 is 0.308 bits per heavy atom. The van der Waals surface area contributed by atoms with Gasteiger partial charge in [-0.25, -0.2) is 0 Å². The molecule has 0 aliphatic rings. The molecule has 0 saturated heterocycles. The summed E-state index contributed by atoms with van der Waals surface area (Å²) in [7, 11) is 0. The summed E-state index contributed by atoms with van der Waals surface area (Å²) in [5.74, 6) is 0. The Labute approximate surface area is 234 Å². The van der Waals surface area contributed by atoms with Gasteiger partial charge >= 0.3 is 0 Å². The summed E-state index contributed by atoms with van der Waals surface area (Å²) in [5, 5.41) is 0. The number of rotatable bonds is 6. The topological polar surface area (TPSA) is 26.0 Å². The highest BCUT2D eigenvalue weighted by Crippen LogP contribution is 2.72. The summed E-state index contributed by atoms with van der Waals surface area (Å²) in [6, 6.07) is 0. The van der Waals surface area contributed by atoms with Crippen LogP contribution >= 0.6 is 197 Å². The first-order valence-electron chi connectivity index (χ1n) is 5.25. The van der Waals surface area contributed by atoms with Gasteiger partial charge in [0.05, 0.1) is 0 Å². The highest BCUT2D eigenvalue weighted by atomic mass is 35.6. The Bertz CT molecular complexity index is 474. The van der Waals surface area contributed by atoms with Gasteiger partial charge in [-0.1, -0.05) is 197 Å². The lowest BCUT2D eigenvalue weighted by atomic mass is 10.0. The molecule has 0 unspecified atom stereocenters. The van der Waals surface area contributed by atoms with Crippen LogP contribution in [-0.2, 0) is 0 Å². The van der Waals surface area contributed by atoms with Crippen LogP contribution in [0.15, 0.2) is 0 Å². The third-order valence-corrected chi connectivity index (χ3v) is 13.9. The van der Waals surface area contributed by atoms with Crippen LogP contribution in [0.5, 0.6) is 0 Å². The van der Waals surface area contributed by atoms with Crippen LogP contribution in [0, 0.1) is 0 Å². The summed E-state index contributed by atoms with van der Waals surface area (Å²) in [4.78, 5) is 0. The van der Waals surface area contributed by atoms with Crippen LogP contribution in [0.1, 0.15) is 0 Å². The van der Waals surface area contributed by atoms with E-state index in [1.165, 1.54) is 0 Å². The van der Waals surface area contributed by atoms with Crippen LogP contribution in [0.4, 0.5) is 0 Å². The summed E-state index contributed by atoms with van der Waals surface area (Å²) < 4.78 is -22.4. The molecule has 0 bridgehead atoms. The van der Waals surface area contributed by atoms with Gasteiger partial charge in [0.2, 0.25) is 12.6 Å². The van der Waals surface area contributed by atoms with Crippen molar-refractivity contribution in [3.8, 4) is 0 Å². The Morgan fingerprint density at radius 2 is 0.500 bits per heavy atom. The first kappa shape index (κ1) is 30.9. The molecule has 158 valence electrons. The van der Waals surface area contributed by atoms with Gasteiger partial charge in [0.25, 0.3) is 0 Å². The molecule has 0 aliphatic carbocycles. The quantitative estimate of drug-likeness (QED) is 0.215. The van der Waals surface area contributed by atoms with E-state index < -0.39 is 34.2 Å². The van der Waals surface area contributed by atoms with E-state index in [2.05, 4.69) is 0 Å². The minimum absolute atomic E-state index is 2.56. The van der Waals surface area contributed by atoms with Crippen LogP contribution in [0.2, 0.25) is 0 Å². The van der Waals surface area contributed by atoms with Crippen LogP contribution in [0.25, 0.3) is 0 Å². The number of halogens is 17. The number of hydrogen-bond acceptors (Lipinski definition) is 1. The molecule has 0 aliphatic heterocycles. The van der Waals surface area contributed by atoms with Gasteiger partial charge in [0.15, 0.2) is 21.7 Å². The maximum absolute atomic E-state index is 6.13. The maximum Gasteiger partial charge on any atom is 0.226 e. The molecule has 0 aromatic carbocycles. The smallest absolute Gasteiger partial charge is 0.226 e. The lowest BCUT2D eigenvalue weighted by Gasteiger charge is -2.53. The fourth-order valence-electron chi connectivity index (χ4n) is 1.18. The van der Waals surface area contributed by atoms with Gasteiger partial charge in [-0.3, -0.25) is 5.73 Å². The predicted octanol–water partition coefficient (Wildman–Crippen LogP) is 9.49. The fraction of sp³-hybridized carbons (Fsp3) is 1.00. The zero-order chi connectivity index (χ0) is 22.0. The molecule has 0 saturated carbocycles. The second-order valence-electron chi connectivity index (χ2n) is 4.57. The summed E-state index contributed by atoms with van der Waals surface area (Å²) in [6.45, 7) is 0. The number of nitrogens with two attached hydrogens (primary N) is 1. The van der Waals surface area contributed by atoms with Crippen LogP contribution < -0.4 is 5.73 Å². The standard InChI is InChI=1S/C8H2Cl17N/c9-1(10,3(13,14)5(17,18)7(21,22)23)2(11,12)4(15,16)6(19,20)8(24,25)26/h26H2. The third-order valence-electron chi connectivity index (χ3n) is 2.75. The molecule has 0 aromatic heterocycles. The van der Waals surface area contributed by atoms with Crippen molar-refractivity contribution in [1.29, 1.82) is 0 Å². The van der Waals surface area contributed by atoms with Gasteiger partial charge < -0.3 is 0 Å². The van der Waals surface area contributed by atoms with Crippen LogP contribution in [-0.4, -0.2) is 34.2 Å². The van der Waals surface area contributed by atoms with Crippen molar-refractivity contribution in [2.45, 2.75) is 34.2 Å². The molecule has 0 heterocycles. The molecule has 0 spiro atoms. The highest BCUT2D eigenvalue weighted by Gasteiger charge is 2.80. The van der Waals surface area contributed by atoms with Gasteiger partial charge in [0.1, 0.15) is 0 Å². The van der Waals surface area contributed by atoms with Gasteiger partial charge in [-0.2, -0.15) is 0 Å². The minimum Gasteiger partial charge on any atom is -0.298 e. The summed E-state index contributed by atoms with van der Waals surface area (Å²) in [6.07, 6.45) is 0. The molecular weight excluding hydrogens is 713 g/mol. The summed E-state index contributed by atoms with van der Waals surface area (Å²) >= 11 is 101. The van der Waals surface area contributed by atoms with E-state index in [0.717, 1.165) is 0 Å².